The van der Waals surface area contributed by atoms with Crippen molar-refractivity contribution in [3.05, 3.63) is 34.6 Å². The Hall–Kier alpha value is -0.640. The summed E-state index contributed by atoms with van der Waals surface area (Å²) in [5.74, 6) is 0.200. The Balaban J connectivity index is 1.79. The Morgan fingerprint density at radius 1 is 1.47 bits per heavy atom. The first-order valence-electron chi connectivity index (χ1n) is 6.82. The monoisotopic (exact) mass is 286 g/mol. The van der Waals surface area contributed by atoms with Gasteiger partial charge in [0.1, 0.15) is 5.82 Å². The van der Waals surface area contributed by atoms with Crippen molar-refractivity contribution < 1.29 is 14.2 Å². The van der Waals surface area contributed by atoms with Crippen molar-refractivity contribution in [1.82, 2.24) is 0 Å². The number of rotatable bonds is 6. The van der Waals surface area contributed by atoms with E-state index < -0.39 is 6.10 Å². The largest absolute Gasteiger partial charge is 0.393 e. The van der Waals surface area contributed by atoms with Crippen LogP contribution in [0, 0.1) is 11.7 Å². The first-order valence-corrected chi connectivity index (χ1v) is 7.19. The van der Waals surface area contributed by atoms with Crippen LogP contribution in [-0.4, -0.2) is 23.9 Å². The highest BCUT2D eigenvalue weighted by Gasteiger charge is 2.31. The van der Waals surface area contributed by atoms with Gasteiger partial charge in [-0.1, -0.05) is 11.6 Å². The Kier molecular flexibility index (Phi) is 5.20. The van der Waals surface area contributed by atoms with Crippen molar-refractivity contribution in [2.75, 3.05) is 6.61 Å². The van der Waals surface area contributed by atoms with Crippen LogP contribution >= 0.6 is 11.6 Å². The summed E-state index contributed by atoms with van der Waals surface area (Å²) in [6.45, 7) is 2.74. The molecule has 19 heavy (non-hydrogen) atoms. The normalized spacial score (nSPS) is 24.0. The Bertz CT molecular complexity index is 419. The van der Waals surface area contributed by atoms with Gasteiger partial charge in [0.2, 0.25) is 0 Å². The van der Waals surface area contributed by atoms with Gasteiger partial charge < -0.3 is 9.84 Å². The summed E-state index contributed by atoms with van der Waals surface area (Å²) >= 11 is 5.99. The molecule has 106 valence electrons. The molecule has 0 bridgehead atoms. The Morgan fingerprint density at radius 2 is 2.21 bits per heavy atom. The van der Waals surface area contributed by atoms with E-state index in [0.29, 0.717) is 29.0 Å². The van der Waals surface area contributed by atoms with Crippen molar-refractivity contribution in [1.29, 1.82) is 0 Å². The van der Waals surface area contributed by atoms with Crippen LogP contribution in [0.2, 0.25) is 5.02 Å². The number of aliphatic hydroxyl groups is 1. The van der Waals surface area contributed by atoms with Crippen molar-refractivity contribution in [3.63, 3.8) is 0 Å². The number of hydrogen-bond acceptors (Lipinski definition) is 2. The average Bonchev–Trinajstić information content (AvgIpc) is 2.31. The lowest BCUT2D eigenvalue weighted by Gasteiger charge is -2.36. The molecule has 0 aliphatic heterocycles. The molecule has 0 radical (unpaired) electrons. The van der Waals surface area contributed by atoms with Crippen LogP contribution < -0.4 is 0 Å². The smallest absolute Gasteiger partial charge is 0.123 e. The minimum atomic E-state index is -0.466. The summed E-state index contributed by atoms with van der Waals surface area (Å²) in [5.41, 5.74) is 0.676. The van der Waals surface area contributed by atoms with E-state index in [1.807, 2.05) is 6.92 Å². The molecule has 1 aromatic carbocycles. The zero-order valence-corrected chi connectivity index (χ0v) is 11.9. The van der Waals surface area contributed by atoms with Crippen LogP contribution in [0.5, 0.6) is 0 Å². The van der Waals surface area contributed by atoms with Crippen LogP contribution in [-0.2, 0) is 11.2 Å². The van der Waals surface area contributed by atoms with Crippen molar-refractivity contribution >= 4 is 11.6 Å². The molecule has 1 atom stereocenters. The molecule has 1 fully saturated rings. The van der Waals surface area contributed by atoms with Gasteiger partial charge in [-0.25, -0.2) is 4.39 Å². The van der Waals surface area contributed by atoms with Crippen LogP contribution in [0.4, 0.5) is 4.39 Å². The molecule has 2 rings (SSSR count). The van der Waals surface area contributed by atoms with Crippen molar-refractivity contribution in [2.45, 2.75) is 44.8 Å². The maximum Gasteiger partial charge on any atom is 0.123 e. The molecule has 1 aliphatic carbocycles. The third-order valence-electron chi connectivity index (χ3n) is 3.66. The van der Waals surface area contributed by atoms with Crippen molar-refractivity contribution in [3.8, 4) is 0 Å². The van der Waals surface area contributed by atoms with Gasteiger partial charge in [0.05, 0.1) is 12.2 Å². The average molecular weight is 287 g/mol. The molecular weight excluding hydrogens is 267 g/mol. The molecule has 0 heterocycles. The fraction of sp³-hybridized carbons (Fsp3) is 0.600. The van der Waals surface area contributed by atoms with Crippen molar-refractivity contribution in [2.24, 2.45) is 5.92 Å². The number of ether oxygens (including phenoxy) is 1. The lowest BCUT2D eigenvalue weighted by Crippen LogP contribution is -2.34. The van der Waals surface area contributed by atoms with Gasteiger partial charge in [-0.2, -0.15) is 0 Å². The summed E-state index contributed by atoms with van der Waals surface area (Å²) in [6, 6.07) is 4.26. The van der Waals surface area contributed by atoms with E-state index in [1.54, 1.807) is 0 Å². The lowest BCUT2D eigenvalue weighted by atomic mass is 9.78. The maximum absolute atomic E-state index is 13.1. The fourth-order valence-corrected chi connectivity index (χ4v) is 2.86. The maximum atomic E-state index is 13.1. The van der Waals surface area contributed by atoms with Crippen LogP contribution in [0.1, 0.15) is 31.7 Å². The molecular formula is C15H20ClFO2. The summed E-state index contributed by atoms with van der Waals surface area (Å²) in [7, 11) is 0. The third-order valence-corrected chi connectivity index (χ3v) is 4.03. The molecule has 1 aromatic rings. The first-order chi connectivity index (χ1) is 9.08. The van der Waals surface area contributed by atoms with E-state index in [4.69, 9.17) is 16.3 Å². The summed E-state index contributed by atoms with van der Waals surface area (Å²) in [4.78, 5) is 0. The van der Waals surface area contributed by atoms with E-state index in [-0.39, 0.29) is 5.82 Å². The second-order valence-corrected chi connectivity index (χ2v) is 5.65. The topological polar surface area (TPSA) is 29.5 Å². The van der Waals surface area contributed by atoms with Crippen LogP contribution in [0.3, 0.4) is 0 Å². The van der Waals surface area contributed by atoms with Gasteiger partial charge in [-0.3, -0.25) is 0 Å². The zero-order chi connectivity index (χ0) is 13.8. The molecule has 4 heteroatoms. The summed E-state index contributed by atoms with van der Waals surface area (Å²) in [5, 5.41) is 10.6. The quantitative estimate of drug-likeness (QED) is 0.866. The highest BCUT2D eigenvalue weighted by atomic mass is 35.5. The molecule has 2 nitrogen and oxygen atoms in total. The Morgan fingerprint density at radius 3 is 2.89 bits per heavy atom. The van der Waals surface area contributed by atoms with E-state index in [0.717, 1.165) is 25.9 Å². The van der Waals surface area contributed by atoms with Gasteiger partial charge >= 0.3 is 0 Å². The predicted molar refractivity (Wildman–Crippen MR) is 73.9 cm³/mol. The molecule has 0 amide bonds. The van der Waals surface area contributed by atoms with E-state index in [9.17, 15) is 9.50 Å². The van der Waals surface area contributed by atoms with Gasteiger partial charge in [-0.05, 0) is 62.3 Å². The third kappa shape index (κ3) is 4.16. The van der Waals surface area contributed by atoms with Crippen LogP contribution in [0.15, 0.2) is 18.2 Å². The van der Waals surface area contributed by atoms with Gasteiger partial charge in [0, 0.05) is 11.6 Å². The zero-order valence-electron chi connectivity index (χ0n) is 11.1. The van der Waals surface area contributed by atoms with Crippen LogP contribution in [0.25, 0.3) is 0 Å². The first kappa shape index (κ1) is 14.8. The second-order valence-electron chi connectivity index (χ2n) is 5.24. The van der Waals surface area contributed by atoms with Gasteiger partial charge in [-0.15, -0.1) is 0 Å². The standard InChI is InChI=1S/C15H20ClFO2/c1-2-19-14-6-10(7-14)5-13(18)9-11-8-12(17)3-4-15(11)16/h3-4,8,10,13-14,18H,2,5-7,9H2,1H3. The SMILES string of the molecule is CCOC1CC(CC(O)Cc2cc(F)ccc2Cl)C1. The number of halogens is 2. The van der Waals surface area contributed by atoms with E-state index in [1.165, 1.54) is 18.2 Å². The van der Waals surface area contributed by atoms with E-state index >= 15 is 0 Å². The molecule has 0 spiro atoms. The molecule has 1 aliphatic rings. The molecule has 0 saturated heterocycles. The van der Waals surface area contributed by atoms with Gasteiger partial charge in [0.25, 0.3) is 0 Å². The highest BCUT2D eigenvalue weighted by molar-refractivity contribution is 6.31. The number of benzene rings is 1. The molecule has 1 N–H and O–H groups in total. The van der Waals surface area contributed by atoms with Gasteiger partial charge in [0.15, 0.2) is 0 Å². The Labute approximate surface area is 118 Å². The fourth-order valence-electron chi connectivity index (χ4n) is 2.66. The lowest BCUT2D eigenvalue weighted by molar-refractivity contribution is -0.0375. The molecule has 1 saturated carbocycles. The summed E-state index contributed by atoms with van der Waals surface area (Å²) in [6.07, 6.45) is 3.07. The number of hydrogen-bond donors (Lipinski definition) is 1. The molecule has 1 unspecified atom stereocenters. The summed E-state index contributed by atoms with van der Waals surface area (Å²) < 4.78 is 18.6. The minimum absolute atomic E-state index is 0.313. The minimum Gasteiger partial charge on any atom is -0.393 e. The highest BCUT2D eigenvalue weighted by Crippen LogP contribution is 2.34. The van der Waals surface area contributed by atoms with E-state index in [2.05, 4.69) is 0 Å². The molecule has 0 aromatic heterocycles. The number of aliphatic hydroxyl groups excluding tert-OH is 1. The predicted octanol–water partition coefficient (Wildman–Crippen LogP) is 3.59. The second kappa shape index (κ2) is 6.69.